The zero-order valence-electron chi connectivity index (χ0n) is 16.1. The summed E-state index contributed by atoms with van der Waals surface area (Å²) in [4.78, 5) is 0. The molecule has 0 rings (SSSR count). The molecule has 0 aromatic rings. The fraction of sp³-hybridized carbons (Fsp3) is 1.00. The van der Waals surface area contributed by atoms with E-state index >= 15 is 0 Å². The molecule has 0 aromatic heterocycles. The Balaban J connectivity index is 0. The Labute approximate surface area is 148 Å². The van der Waals surface area contributed by atoms with E-state index in [4.69, 9.17) is 0 Å². The van der Waals surface area contributed by atoms with Crippen molar-refractivity contribution in [2.24, 2.45) is 0 Å². The molecule has 0 saturated carbocycles. The summed E-state index contributed by atoms with van der Waals surface area (Å²) in [5, 5.41) is 0. The van der Waals surface area contributed by atoms with E-state index in [1.54, 1.807) is 0 Å². The van der Waals surface area contributed by atoms with Gasteiger partial charge in [-0.05, 0) is 12.8 Å². The molecule has 2 heteroatoms. The molecular weight excluding hydrogens is 249 g/mol. The van der Waals surface area contributed by atoms with Gasteiger partial charge in [0.2, 0.25) is 0 Å². The second-order valence-electron chi connectivity index (χ2n) is 7.61. The molecule has 0 amide bonds. The molecule has 122 valence electrons. The molecule has 0 atom stereocenters. The Hall–Kier alpha value is 0.557. The maximum absolute atomic E-state index is 2.29. The predicted octanol–water partition coefficient (Wildman–Crippen LogP) is 3.18. The molecular formula is C19H42LiN+2. The maximum atomic E-state index is 2.29. The van der Waals surface area contributed by atoms with Crippen LogP contribution in [0.1, 0.15) is 96.8 Å². The predicted molar refractivity (Wildman–Crippen MR) is 93.2 cm³/mol. The van der Waals surface area contributed by atoms with Crippen LogP contribution in [0, 0.1) is 0 Å². The first-order chi connectivity index (χ1) is 9.56. The standard InChI is InChI=1S/C19H42N.Li/c1-5-6-7-8-9-10-11-12-13-14-15-16-17-18-19-20(2,3)4;/h5-19H2,1-4H3;/q2*+1. The molecule has 0 bridgehead atoms. The summed E-state index contributed by atoms with van der Waals surface area (Å²) in [7, 11) is 6.88. The quantitative estimate of drug-likeness (QED) is 0.247. The van der Waals surface area contributed by atoms with Gasteiger partial charge in [-0.15, -0.1) is 0 Å². The van der Waals surface area contributed by atoms with Gasteiger partial charge < -0.3 is 4.48 Å². The van der Waals surface area contributed by atoms with Gasteiger partial charge in [-0.3, -0.25) is 0 Å². The third-order valence-corrected chi connectivity index (χ3v) is 4.18. The maximum Gasteiger partial charge on any atom is 1.00 e. The third-order valence-electron chi connectivity index (χ3n) is 4.18. The molecule has 0 aromatic carbocycles. The van der Waals surface area contributed by atoms with Gasteiger partial charge in [0.05, 0.1) is 27.7 Å². The average Bonchev–Trinajstić information content (AvgIpc) is 2.38. The average molecular weight is 291 g/mol. The summed E-state index contributed by atoms with van der Waals surface area (Å²) in [6, 6.07) is 0. The van der Waals surface area contributed by atoms with E-state index in [0.717, 1.165) is 4.48 Å². The van der Waals surface area contributed by atoms with Gasteiger partial charge >= 0.3 is 18.9 Å². The molecule has 0 heterocycles. The number of unbranched alkanes of at least 4 members (excludes halogenated alkanes) is 13. The van der Waals surface area contributed by atoms with Crippen molar-refractivity contribution in [2.45, 2.75) is 96.8 Å². The summed E-state index contributed by atoms with van der Waals surface area (Å²) in [5.41, 5.74) is 0. The van der Waals surface area contributed by atoms with Crippen LogP contribution in [0.3, 0.4) is 0 Å². The van der Waals surface area contributed by atoms with Gasteiger partial charge in [-0.1, -0.05) is 84.0 Å². The zero-order chi connectivity index (χ0) is 15.1. The number of quaternary nitrogens is 1. The Kier molecular flexibility index (Phi) is 19.2. The first kappa shape index (κ1) is 23.8. The Morgan fingerprint density at radius 1 is 0.476 bits per heavy atom. The number of hydrogen-bond donors (Lipinski definition) is 0. The number of nitrogens with zero attached hydrogens (tertiary/aromatic N) is 1. The van der Waals surface area contributed by atoms with Crippen LogP contribution in [0.15, 0.2) is 0 Å². The molecule has 0 aliphatic rings. The summed E-state index contributed by atoms with van der Waals surface area (Å²) in [5.74, 6) is 0. The fourth-order valence-corrected chi connectivity index (χ4v) is 2.78. The van der Waals surface area contributed by atoms with Crippen LogP contribution in [0.25, 0.3) is 0 Å². The van der Waals surface area contributed by atoms with Crippen molar-refractivity contribution in [2.75, 3.05) is 27.7 Å². The van der Waals surface area contributed by atoms with Gasteiger partial charge in [0.25, 0.3) is 0 Å². The third kappa shape index (κ3) is 23.0. The zero-order valence-corrected chi connectivity index (χ0v) is 16.1. The molecule has 0 fully saturated rings. The minimum atomic E-state index is 0. The minimum Gasteiger partial charge on any atom is -0.331 e. The molecule has 0 radical (unpaired) electrons. The first-order valence-corrected chi connectivity index (χ1v) is 9.36. The second kappa shape index (κ2) is 16.9. The summed E-state index contributed by atoms with van der Waals surface area (Å²) >= 11 is 0. The van der Waals surface area contributed by atoms with Crippen LogP contribution < -0.4 is 18.9 Å². The van der Waals surface area contributed by atoms with E-state index in [0.29, 0.717) is 0 Å². The van der Waals surface area contributed by atoms with Crippen molar-refractivity contribution in [3.05, 3.63) is 0 Å². The van der Waals surface area contributed by atoms with E-state index < -0.39 is 0 Å². The van der Waals surface area contributed by atoms with Crippen LogP contribution >= 0.6 is 0 Å². The van der Waals surface area contributed by atoms with Crippen LogP contribution in [-0.2, 0) is 0 Å². The van der Waals surface area contributed by atoms with Crippen molar-refractivity contribution in [1.82, 2.24) is 0 Å². The molecule has 21 heavy (non-hydrogen) atoms. The van der Waals surface area contributed by atoms with Crippen molar-refractivity contribution in [3.8, 4) is 0 Å². The van der Waals surface area contributed by atoms with Gasteiger partial charge in [0.1, 0.15) is 0 Å². The van der Waals surface area contributed by atoms with Crippen molar-refractivity contribution < 1.29 is 23.3 Å². The van der Waals surface area contributed by atoms with Gasteiger partial charge in [0, 0.05) is 0 Å². The molecule has 0 unspecified atom stereocenters. The SMILES string of the molecule is CCCCCCCCCCCCCCCC[N+](C)(C)C.[Li+]. The Bertz CT molecular complexity index is 186. The second-order valence-corrected chi connectivity index (χ2v) is 7.61. The largest absolute Gasteiger partial charge is 1.00 e. The van der Waals surface area contributed by atoms with Gasteiger partial charge in [0.15, 0.2) is 0 Å². The summed E-state index contributed by atoms with van der Waals surface area (Å²) < 4.78 is 1.12. The smallest absolute Gasteiger partial charge is 0.331 e. The molecule has 0 spiro atoms. The summed E-state index contributed by atoms with van der Waals surface area (Å²) in [6.45, 7) is 3.63. The molecule has 0 saturated heterocycles. The van der Waals surface area contributed by atoms with Crippen LogP contribution in [0.2, 0.25) is 0 Å². The molecule has 0 aliphatic carbocycles. The molecule has 0 aliphatic heterocycles. The molecule has 0 N–H and O–H groups in total. The first-order valence-electron chi connectivity index (χ1n) is 9.36. The van der Waals surface area contributed by atoms with Crippen molar-refractivity contribution >= 4 is 0 Å². The van der Waals surface area contributed by atoms with Crippen LogP contribution in [-0.4, -0.2) is 32.2 Å². The van der Waals surface area contributed by atoms with Crippen LogP contribution in [0.5, 0.6) is 0 Å². The van der Waals surface area contributed by atoms with Gasteiger partial charge in [-0.2, -0.15) is 0 Å². The monoisotopic (exact) mass is 291 g/mol. The molecule has 1 nitrogen and oxygen atoms in total. The number of rotatable bonds is 15. The van der Waals surface area contributed by atoms with E-state index in [-0.39, 0.29) is 18.9 Å². The van der Waals surface area contributed by atoms with Crippen LogP contribution in [0.4, 0.5) is 0 Å². The van der Waals surface area contributed by atoms with Crippen molar-refractivity contribution in [1.29, 1.82) is 0 Å². The van der Waals surface area contributed by atoms with E-state index in [2.05, 4.69) is 28.1 Å². The van der Waals surface area contributed by atoms with E-state index in [1.807, 2.05) is 0 Å². The normalized spacial score (nSPS) is 11.4. The Morgan fingerprint density at radius 2 is 0.762 bits per heavy atom. The van der Waals surface area contributed by atoms with E-state index in [9.17, 15) is 0 Å². The van der Waals surface area contributed by atoms with Crippen molar-refractivity contribution in [3.63, 3.8) is 0 Å². The Morgan fingerprint density at radius 3 is 1.05 bits per heavy atom. The fourth-order valence-electron chi connectivity index (χ4n) is 2.78. The summed E-state index contributed by atoms with van der Waals surface area (Å²) in [6.07, 6.45) is 20.4. The van der Waals surface area contributed by atoms with Gasteiger partial charge in [-0.25, -0.2) is 0 Å². The topological polar surface area (TPSA) is 0 Å². The minimum absolute atomic E-state index is 0. The van der Waals surface area contributed by atoms with E-state index in [1.165, 1.54) is 96.4 Å². The number of hydrogen-bond acceptors (Lipinski definition) is 0.